The zero-order chi connectivity index (χ0) is 20.5. The molecular weight excluding hydrogens is 364 g/mol. The average Bonchev–Trinajstić information content (AvgIpc) is 2.72. The maximum atomic E-state index is 12.3. The minimum Gasteiger partial charge on any atom is -0.453 e. The summed E-state index contributed by atoms with van der Waals surface area (Å²) in [6, 6.07) is 9.51. The number of benzene rings is 1. The molecule has 0 bridgehead atoms. The van der Waals surface area contributed by atoms with Gasteiger partial charge in [-0.3, -0.25) is 19.7 Å². The fraction of sp³-hybridized carbons (Fsp3) is 0.400. The summed E-state index contributed by atoms with van der Waals surface area (Å²) in [4.78, 5) is 48.9. The summed E-state index contributed by atoms with van der Waals surface area (Å²) in [6.45, 7) is 2.24. The molecule has 0 aromatic heterocycles. The highest BCUT2D eigenvalue weighted by Crippen LogP contribution is 2.20. The van der Waals surface area contributed by atoms with E-state index in [4.69, 9.17) is 4.74 Å². The maximum Gasteiger partial charge on any atom is 0.413 e. The van der Waals surface area contributed by atoms with Gasteiger partial charge in [-0.1, -0.05) is 30.3 Å². The molecule has 150 valence electrons. The number of nitrogens with one attached hydrogen (secondary N) is 1. The minimum absolute atomic E-state index is 0.110. The van der Waals surface area contributed by atoms with Gasteiger partial charge in [0, 0.05) is 19.2 Å². The number of carbonyl (C=O) groups is 4. The molecule has 0 spiro atoms. The van der Waals surface area contributed by atoms with E-state index in [2.05, 4.69) is 4.74 Å². The van der Waals surface area contributed by atoms with Crippen LogP contribution >= 0.6 is 0 Å². The summed E-state index contributed by atoms with van der Waals surface area (Å²) in [6.07, 6.45) is 2.16. The summed E-state index contributed by atoms with van der Waals surface area (Å²) in [5.74, 6) is -1.77. The second-order valence-electron chi connectivity index (χ2n) is 6.40. The third-order valence-electron chi connectivity index (χ3n) is 4.43. The van der Waals surface area contributed by atoms with E-state index in [0.29, 0.717) is 25.9 Å². The highest BCUT2D eigenvalue weighted by Gasteiger charge is 2.30. The Balaban J connectivity index is 1.78. The number of alkyl carbamates (subject to hydrolysis) is 1. The fourth-order valence-corrected chi connectivity index (χ4v) is 2.75. The second kappa shape index (κ2) is 10.2. The van der Waals surface area contributed by atoms with Crippen molar-refractivity contribution in [2.75, 3.05) is 20.2 Å². The van der Waals surface area contributed by atoms with Gasteiger partial charge in [0.2, 0.25) is 5.91 Å². The number of hydrogen-bond donors (Lipinski definition) is 1. The Bertz CT molecular complexity index is 738. The smallest absolute Gasteiger partial charge is 0.413 e. The van der Waals surface area contributed by atoms with Crippen LogP contribution in [0.15, 0.2) is 36.4 Å². The number of nitrogens with zero attached hydrogens (tertiary/aromatic N) is 1. The van der Waals surface area contributed by atoms with Crippen LogP contribution in [-0.4, -0.2) is 55.1 Å². The Hall–Kier alpha value is -3.16. The number of ether oxygens (including phenoxy) is 2. The SMILES string of the molecule is COC(=O)NC(=O)[C@@H](C)OC(=O)C1CCN(C(=O)/C=C/c2ccccc2)CC1. The number of methoxy groups -OCH3 is 1. The van der Waals surface area contributed by atoms with Crippen LogP contribution in [0.1, 0.15) is 25.3 Å². The fourth-order valence-electron chi connectivity index (χ4n) is 2.75. The van der Waals surface area contributed by atoms with Crippen molar-refractivity contribution in [3.63, 3.8) is 0 Å². The van der Waals surface area contributed by atoms with E-state index in [1.807, 2.05) is 35.6 Å². The van der Waals surface area contributed by atoms with Gasteiger partial charge < -0.3 is 14.4 Å². The molecule has 1 atom stereocenters. The first kappa shape index (κ1) is 21.1. The van der Waals surface area contributed by atoms with Gasteiger partial charge in [0.15, 0.2) is 6.10 Å². The van der Waals surface area contributed by atoms with E-state index >= 15 is 0 Å². The molecule has 8 nitrogen and oxygen atoms in total. The molecule has 3 amide bonds. The molecule has 8 heteroatoms. The molecule has 1 fully saturated rings. The average molecular weight is 388 g/mol. The molecule has 1 aromatic carbocycles. The number of esters is 1. The number of imide groups is 1. The Kier molecular flexibility index (Phi) is 7.74. The van der Waals surface area contributed by atoms with Crippen molar-refractivity contribution in [2.24, 2.45) is 5.92 Å². The van der Waals surface area contributed by atoms with E-state index in [9.17, 15) is 19.2 Å². The predicted molar refractivity (Wildman–Crippen MR) is 101 cm³/mol. The maximum absolute atomic E-state index is 12.3. The van der Waals surface area contributed by atoms with Gasteiger partial charge in [-0.2, -0.15) is 0 Å². The van der Waals surface area contributed by atoms with E-state index in [1.54, 1.807) is 11.0 Å². The predicted octanol–water partition coefficient (Wildman–Crippen LogP) is 1.75. The third-order valence-corrected chi connectivity index (χ3v) is 4.43. The van der Waals surface area contributed by atoms with E-state index in [-0.39, 0.29) is 5.91 Å². The number of carbonyl (C=O) groups excluding carboxylic acids is 4. The van der Waals surface area contributed by atoms with Crippen LogP contribution in [0.4, 0.5) is 4.79 Å². The summed E-state index contributed by atoms with van der Waals surface area (Å²) < 4.78 is 9.44. The normalized spacial score (nSPS) is 15.7. The van der Waals surface area contributed by atoms with Crippen molar-refractivity contribution in [3.8, 4) is 0 Å². The van der Waals surface area contributed by atoms with Crippen molar-refractivity contribution < 1.29 is 28.7 Å². The Labute approximate surface area is 163 Å². The van der Waals surface area contributed by atoms with Crippen LogP contribution < -0.4 is 5.32 Å². The van der Waals surface area contributed by atoms with Crippen molar-refractivity contribution in [1.29, 1.82) is 0 Å². The second-order valence-corrected chi connectivity index (χ2v) is 6.40. The van der Waals surface area contributed by atoms with Crippen LogP contribution in [0.3, 0.4) is 0 Å². The lowest BCUT2D eigenvalue weighted by Crippen LogP contribution is -2.43. The lowest BCUT2D eigenvalue weighted by atomic mass is 9.97. The molecule has 1 heterocycles. The van der Waals surface area contributed by atoms with Gasteiger partial charge in [-0.05, 0) is 31.4 Å². The molecule has 1 saturated heterocycles. The van der Waals surface area contributed by atoms with E-state index in [1.165, 1.54) is 13.0 Å². The van der Waals surface area contributed by atoms with Crippen molar-refractivity contribution >= 4 is 30.0 Å². The highest BCUT2D eigenvalue weighted by molar-refractivity contribution is 5.95. The summed E-state index contributed by atoms with van der Waals surface area (Å²) in [7, 11) is 1.13. The first-order chi connectivity index (χ1) is 13.4. The monoisotopic (exact) mass is 388 g/mol. The van der Waals surface area contributed by atoms with Crippen LogP contribution in [0, 0.1) is 5.92 Å². The molecular formula is C20H24N2O6. The van der Waals surface area contributed by atoms with Crippen molar-refractivity contribution in [2.45, 2.75) is 25.9 Å². The molecule has 1 aliphatic heterocycles. The molecule has 1 N–H and O–H groups in total. The number of piperidine rings is 1. The van der Waals surface area contributed by atoms with E-state index in [0.717, 1.165) is 12.7 Å². The molecule has 1 aromatic rings. The summed E-state index contributed by atoms with van der Waals surface area (Å²) >= 11 is 0. The Morgan fingerprint density at radius 3 is 2.39 bits per heavy atom. The molecule has 0 aliphatic carbocycles. The van der Waals surface area contributed by atoms with Crippen LogP contribution in [0.5, 0.6) is 0 Å². The molecule has 1 aliphatic rings. The first-order valence-electron chi connectivity index (χ1n) is 9.02. The van der Waals surface area contributed by atoms with Gasteiger partial charge in [0.25, 0.3) is 5.91 Å². The van der Waals surface area contributed by atoms with Crippen molar-refractivity contribution in [3.05, 3.63) is 42.0 Å². The number of hydrogen-bond acceptors (Lipinski definition) is 6. The van der Waals surface area contributed by atoms with Gasteiger partial charge in [0.05, 0.1) is 13.0 Å². The van der Waals surface area contributed by atoms with Gasteiger partial charge in [-0.15, -0.1) is 0 Å². The standard InChI is InChI=1S/C20H24N2O6/c1-14(18(24)21-20(26)27-2)28-19(25)16-10-12-22(13-11-16)17(23)9-8-15-6-4-3-5-7-15/h3-9,14,16H,10-13H2,1-2H3,(H,21,24,26)/b9-8+/t14-/m1/s1. The Morgan fingerprint density at radius 1 is 1.14 bits per heavy atom. The number of rotatable bonds is 5. The highest BCUT2D eigenvalue weighted by atomic mass is 16.6. The zero-order valence-corrected chi connectivity index (χ0v) is 15.9. The number of likely N-dealkylation sites (tertiary alicyclic amines) is 1. The van der Waals surface area contributed by atoms with Gasteiger partial charge >= 0.3 is 12.1 Å². The molecule has 0 radical (unpaired) electrons. The zero-order valence-electron chi connectivity index (χ0n) is 15.9. The van der Waals surface area contributed by atoms with Crippen LogP contribution in [0.2, 0.25) is 0 Å². The quantitative estimate of drug-likeness (QED) is 0.609. The lowest BCUT2D eigenvalue weighted by molar-refractivity contribution is -0.160. The summed E-state index contributed by atoms with van der Waals surface area (Å²) in [5.41, 5.74) is 0.938. The van der Waals surface area contributed by atoms with Crippen molar-refractivity contribution in [1.82, 2.24) is 10.2 Å². The van der Waals surface area contributed by atoms with Crippen LogP contribution in [-0.2, 0) is 23.9 Å². The molecule has 28 heavy (non-hydrogen) atoms. The largest absolute Gasteiger partial charge is 0.453 e. The molecule has 2 rings (SSSR count). The molecule has 0 unspecified atom stereocenters. The minimum atomic E-state index is -1.11. The topological polar surface area (TPSA) is 102 Å². The van der Waals surface area contributed by atoms with Crippen LogP contribution in [0.25, 0.3) is 6.08 Å². The molecule has 0 saturated carbocycles. The lowest BCUT2D eigenvalue weighted by Gasteiger charge is -2.30. The number of amides is 3. The van der Waals surface area contributed by atoms with Gasteiger partial charge in [-0.25, -0.2) is 4.79 Å². The van der Waals surface area contributed by atoms with E-state index < -0.39 is 30.0 Å². The Morgan fingerprint density at radius 2 is 1.79 bits per heavy atom. The third kappa shape index (κ3) is 6.22. The first-order valence-corrected chi connectivity index (χ1v) is 9.02. The van der Waals surface area contributed by atoms with Gasteiger partial charge in [0.1, 0.15) is 0 Å². The summed E-state index contributed by atoms with van der Waals surface area (Å²) in [5, 5.41) is 1.95.